The molecule has 0 spiro atoms. The minimum Gasteiger partial charge on any atom is -0.475 e. The summed E-state index contributed by atoms with van der Waals surface area (Å²) in [6.45, 7) is 0. The van der Waals surface area contributed by atoms with Crippen molar-refractivity contribution in [2.24, 2.45) is 0 Å². The molecule has 0 saturated heterocycles. The van der Waals surface area contributed by atoms with E-state index >= 15 is 0 Å². The number of aliphatic hydroxyl groups excluding tert-OH is 1. The molecule has 1 aromatic heterocycles. The van der Waals surface area contributed by atoms with Crippen LogP contribution in [0.1, 0.15) is 40.0 Å². The van der Waals surface area contributed by atoms with Crippen LogP contribution in [0.4, 0.5) is 8.78 Å². The van der Waals surface area contributed by atoms with Crippen molar-refractivity contribution in [3.05, 3.63) is 59.0 Å². The van der Waals surface area contributed by atoms with Crippen LogP contribution in [0.15, 0.2) is 40.8 Å². The third-order valence-corrected chi connectivity index (χ3v) is 2.61. The van der Waals surface area contributed by atoms with Gasteiger partial charge in [-0.1, -0.05) is 24.3 Å². The van der Waals surface area contributed by atoms with E-state index in [1.807, 2.05) is 0 Å². The van der Waals surface area contributed by atoms with Gasteiger partial charge < -0.3 is 14.6 Å². The second kappa shape index (κ2) is 5.19. The first-order valence-corrected chi connectivity index (χ1v) is 5.38. The van der Waals surface area contributed by atoms with Gasteiger partial charge in [-0.3, -0.25) is 0 Å². The second-order valence-corrected chi connectivity index (χ2v) is 3.88. The molecule has 0 amide bonds. The van der Waals surface area contributed by atoms with E-state index in [0.717, 1.165) is 0 Å². The minimum atomic E-state index is -2.58. The molecule has 100 valence electrons. The highest BCUT2D eigenvalue weighted by Gasteiger charge is 2.18. The summed E-state index contributed by atoms with van der Waals surface area (Å²) in [5.74, 6) is -1.49. The van der Waals surface area contributed by atoms with E-state index in [0.29, 0.717) is 5.56 Å². The summed E-state index contributed by atoms with van der Waals surface area (Å²) in [4.78, 5) is 10.6. The molecule has 1 heterocycles. The van der Waals surface area contributed by atoms with Crippen LogP contribution >= 0.6 is 0 Å². The molecule has 2 rings (SSSR count). The zero-order chi connectivity index (χ0) is 14.0. The zero-order valence-electron chi connectivity index (χ0n) is 9.59. The molecule has 0 aliphatic rings. The molecule has 1 atom stereocenters. The predicted octanol–water partition coefficient (Wildman–Crippen LogP) is 3.00. The fraction of sp³-hybridized carbons (Fsp3) is 0.154. The monoisotopic (exact) mass is 268 g/mol. The third-order valence-electron chi connectivity index (χ3n) is 2.61. The lowest BCUT2D eigenvalue weighted by atomic mass is 10.1. The predicted molar refractivity (Wildman–Crippen MR) is 61.1 cm³/mol. The van der Waals surface area contributed by atoms with Gasteiger partial charge in [0.1, 0.15) is 11.9 Å². The van der Waals surface area contributed by atoms with Gasteiger partial charge in [0.2, 0.25) is 5.76 Å². The van der Waals surface area contributed by atoms with Crippen molar-refractivity contribution in [1.82, 2.24) is 0 Å². The summed E-state index contributed by atoms with van der Waals surface area (Å²) >= 11 is 0. The van der Waals surface area contributed by atoms with E-state index in [2.05, 4.69) is 0 Å². The Morgan fingerprint density at radius 1 is 1.05 bits per heavy atom. The van der Waals surface area contributed by atoms with Gasteiger partial charge in [0.15, 0.2) is 0 Å². The topological polar surface area (TPSA) is 70.7 Å². The van der Waals surface area contributed by atoms with Gasteiger partial charge in [-0.05, 0) is 17.7 Å². The number of benzene rings is 1. The first-order chi connectivity index (χ1) is 8.99. The van der Waals surface area contributed by atoms with E-state index < -0.39 is 18.5 Å². The Morgan fingerprint density at radius 3 is 2.11 bits per heavy atom. The molecule has 0 saturated carbocycles. The van der Waals surface area contributed by atoms with Crippen LogP contribution in [0, 0.1) is 0 Å². The maximum atomic E-state index is 12.4. The average molecular weight is 268 g/mol. The van der Waals surface area contributed by atoms with E-state index in [9.17, 15) is 18.7 Å². The van der Waals surface area contributed by atoms with Gasteiger partial charge in [0.05, 0.1) is 0 Å². The van der Waals surface area contributed by atoms with Crippen LogP contribution < -0.4 is 0 Å². The van der Waals surface area contributed by atoms with Crippen LogP contribution in [-0.2, 0) is 0 Å². The van der Waals surface area contributed by atoms with E-state index in [4.69, 9.17) is 9.52 Å². The second-order valence-electron chi connectivity index (χ2n) is 3.88. The normalized spacial score (nSPS) is 12.6. The number of aliphatic hydroxyl groups is 1. The summed E-state index contributed by atoms with van der Waals surface area (Å²) in [5.41, 5.74) is 0.192. The zero-order valence-corrected chi connectivity index (χ0v) is 9.59. The molecule has 19 heavy (non-hydrogen) atoms. The number of rotatable bonds is 4. The molecule has 0 aliphatic heterocycles. The number of carboxylic acid groups (broad SMARTS) is 1. The smallest absolute Gasteiger partial charge is 0.371 e. The van der Waals surface area contributed by atoms with Crippen molar-refractivity contribution in [2.45, 2.75) is 12.5 Å². The van der Waals surface area contributed by atoms with Crippen LogP contribution in [-0.4, -0.2) is 16.2 Å². The third kappa shape index (κ3) is 2.79. The number of aromatic carboxylic acids is 1. The molecule has 1 aromatic carbocycles. The first kappa shape index (κ1) is 13.2. The molecular weight excluding hydrogens is 258 g/mol. The number of furan rings is 1. The molecule has 2 aromatic rings. The quantitative estimate of drug-likeness (QED) is 0.894. The Balaban J connectivity index is 2.22. The van der Waals surface area contributed by atoms with Gasteiger partial charge >= 0.3 is 5.97 Å². The van der Waals surface area contributed by atoms with Crippen molar-refractivity contribution in [3.8, 4) is 0 Å². The number of hydrogen-bond donors (Lipinski definition) is 2. The van der Waals surface area contributed by atoms with Gasteiger partial charge in [0.25, 0.3) is 6.43 Å². The summed E-state index contributed by atoms with van der Waals surface area (Å²) in [5, 5.41) is 18.6. The van der Waals surface area contributed by atoms with Gasteiger partial charge in [-0.15, -0.1) is 0 Å². The summed E-state index contributed by atoms with van der Waals surface area (Å²) in [7, 11) is 0. The lowest BCUT2D eigenvalue weighted by molar-refractivity contribution is 0.0655. The van der Waals surface area contributed by atoms with Crippen LogP contribution in [0.5, 0.6) is 0 Å². The maximum absolute atomic E-state index is 12.4. The van der Waals surface area contributed by atoms with Crippen molar-refractivity contribution in [3.63, 3.8) is 0 Å². The molecular formula is C13H10F2O4. The Kier molecular flexibility index (Phi) is 3.62. The SMILES string of the molecule is O=C(O)c1ccc(C(O)c2ccc(C(F)F)cc2)o1. The Morgan fingerprint density at radius 2 is 1.63 bits per heavy atom. The fourth-order valence-corrected chi connectivity index (χ4v) is 1.60. The lowest BCUT2D eigenvalue weighted by Gasteiger charge is -2.09. The van der Waals surface area contributed by atoms with E-state index in [-0.39, 0.29) is 17.1 Å². The highest BCUT2D eigenvalue weighted by molar-refractivity contribution is 5.84. The molecule has 2 N–H and O–H groups in total. The van der Waals surface area contributed by atoms with Crippen LogP contribution in [0.3, 0.4) is 0 Å². The van der Waals surface area contributed by atoms with Crippen molar-refractivity contribution >= 4 is 5.97 Å². The number of alkyl halides is 2. The Labute approximate surface area is 106 Å². The summed E-state index contributed by atoms with van der Waals surface area (Å²) in [6, 6.07) is 7.63. The lowest BCUT2D eigenvalue weighted by Crippen LogP contribution is -1.99. The number of halogens is 2. The molecule has 4 nitrogen and oxygen atoms in total. The van der Waals surface area contributed by atoms with Gasteiger partial charge in [-0.2, -0.15) is 0 Å². The van der Waals surface area contributed by atoms with Gasteiger partial charge in [0, 0.05) is 5.56 Å². The van der Waals surface area contributed by atoms with Crippen molar-refractivity contribution in [2.75, 3.05) is 0 Å². The number of carboxylic acids is 1. The number of hydrogen-bond acceptors (Lipinski definition) is 3. The van der Waals surface area contributed by atoms with Crippen molar-refractivity contribution in [1.29, 1.82) is 0 Å². The summed E-state index contributed by atoms with van der Waals surface area (Å²) in [6.07, 6.45) is -3.77. The summed E-state index contributed by atoms with van der Waals surface area (Å²) < 4.78 is 29.7. The highest BCUT2D eigenvalue weighted by atomic mass is 19.3. The average Bonchev–Trinajstić information content (AvgIpc) is 2.87. The van der Waals surface area contributed by atoms with E-state index in [1.165, 1.54) is 36.4 Å². The number of carbonyl (C=O) groups is 1. The molecule has 0 bridgehead atoms. The largest absolute Gasteiger partial charge is 0.475 e. The Hall–Kier alpha value is -2.21. The maximum Gasteiger partial charge on any atom is 0.371 e. The highest BCUT2D eigenvalue weighted by Crippen LogP contribution is 2.26. The van der Waals surface area contributed by atoms with Crippen molar-refractivity contribution < 1.29 is 28.2 Å². The minimum absolute atomic E-state index is 0.0437. The molecule has 0 radical (unpaired) electrons. The standard InChI is InChI=1S/C13H10F2O4/c14-12(15)8-3-1-7(2-4-8)11(16)9-5-6-10(19-9)13(17)18/h1-6,11-12,16H,(H,17,18). The van der Waals surface area contributed by atoms with Crippen LogP contribution in [0.25, 0.3) is 0 Å². The van der Waals surface area contributed by atoms with E-state index in [1.54, 1.807) is 0 Å². The van der Waals surface area contributed by atoms with Gasteiger partial charge in [-0.25, -0.2) is 13.6 Å². The van der Waals surface area contributed by atoms with Crippen LogP contribution in [0.2, 0.25) is 0 Å². The molecule has 1 unspecified atom stereocenters. The molecule has 6 heteroatoms. The Bertz CT molecular complexity index is 575. The fourth-order valence-electron chi connectivity index (χ4n) is 1.60. The molecule has 0 aliphatic carbocycles. The first-order valence-electron chi connectivity index (χ1n) is 5.38. The molecule has 0 fully saturated rings.